The van der Waals surface area contributed by atoms with Crippen molar-refractivity contribution in [3.63, 3.8) is 0 Å². The summed E-state index contributed by atoms with van der Waals surface area (Å²) in [6, 6.07) is 1.97. The van der Waals surface area contributed by atoms with Gasteiger partial charge in [0.15, 0.2) is 0 Å². The first kappa shape index (κ1) is 13.7. The molecular weight excluding hydrogens is 242 g/mol. The van der Waals surface area contributed by atoms with E-state index in [9.17, 15) is 4.79 Å². The van der Waals surface area contributed by atoms with Gasteiger partial charge in [-0.2, -0.15) is 0 Å². The van der Waals surface area contributed by atoms with E-state index in [0.29, 0.717) is 12.6 Å². The number of hydrogen-bond donors (Lipinski definition) is 1. The number of carbonyl (C=O) groups excluding carboxylic acids is 1. The maximum absolute atomic E-state index is 11.7. The smallest absolute Gasteiger partial charge is 0.241 e. The molecule has 0 unspecified atom stereocenters. The van der Waals surface area contributed by atoms with Crippen molar-refractivity contribution in [2.45, 2.75) is 32.9 Å². The monoisotopic (exact) mass is 263 g/mol. The third-order valence-corrected chi connectivity index (χ3v) is 3.55. The largest absolute Gasteiger partial charge is 0.368 e. The normalized spacial score (nSPS) is 20.8. The summed E-state index contributed by atoms with van der Waals surface area (Å²) in [5.41, 5.74) is 6.43. The SMILES string of the molecule is Cc1cc(N2CCN(C(C)C)C[C@H]2C(N)=O)ncn1. The van der Waals surface area contributed by atoms with E-state index in [1.807, 2.05) is 17.9 Å². The first-order valence-electron chi connectivity index (χ1n) is 6.57. The minimum Gasteiger partial charge on any atom is -0.368 e. The Bertz CT molecular complexity index is 462. The lowest BCUT2D eigenvalue weighted by Gasteiger charge is -2.42. The van der Waals surface area contributed by atoms with Gasteiger partial charge in [-0.1, -0.05) is 0 Å². The summed E-state index contributed by atoms with van der Waals surface area (Å²) < 4.78 is 0. The Morgan fingerprint density at radius 2 is 2.16 bits per heavy atom. The Morgan fingerprint density at radius 1 is 1.42 bits per heavy atom. The second-order valence-corrected chi connectivity index (χ2v) is 5.22. The molecule has 1 aromatic rings. The molecule has 0 radical (unpaired) electrons. The van der Waals surface area contributed by atoms with E-state index in [4.69, 9.17) is 5.73 Å². The van der Waals surface area contributed by atoms with Gasteiger partial charge in [0.05, 0.1) is 0 Å². The summed E-state index contributed by atoms with van der Waals surface area (Å²) in [5, 5.41) is 0. The van der Waals surface area contributed by atoms with Gasteiger partial charge in [-0.3, -0.25) is 9.69 Å². The minimum atomic E-state index is -0.328. The lowest BCUT2D eigenvalue weighted by Crippen LogP contribution is -2.59. The quantitative estimate of drug-likeness (QED) is 0.841. The van der Waals surface area contributed by atoms with Crippen molar-refractivity contribution in [1.29, 1.82) is 0 Å². The van der Waals surface area contributed by atoms with Crippen LogP contribution < -0.4 is 10.6 Å². The van der Waals surface area contributed by atoms with Crippen molar-refractivity contribution in [3.8, 4) is 0 Å². The summed E-state index contributed by atoms with van der Waals surface area (Å²) in [4.78, 5) is 24.3. The predicted octanol–water partition coefficient (Wildman–Crippen LogP) is 0.169. The average Bonchev–Trinajstić information content (AvgIpc) is 2.37. The lowest BCUT2D eigenvalue weighted by atomic mass is 10.1. The third kappa shape index (κ3) is 3.01. The van der Waals surface area contributed by atoms with E-state index in [1.165, 1.54) is 6.33 Å². The molecule has 1 aliphatic rings. The number of hydrogen-bond acceptors (Lipinski definition) is 5. The van der Waals surface area contributed by atoms with Crippen molar-refractivity contribution >= 4 is 11.7 Å². The number of primary amides is 1. The van der Waals surface area contributed by atoms with Crippen LogP contribution in [0.25, 0.3) is 0 Å². The molecule has 1 fully saturated rings. The summed E-state index contributed by atoms with van der Waals surface area (Å²) >= 11 is 0. The van der Waals surface area contributed by atoms with Gasteiger partial charge in [-0.15, -0.1) is 0 Å². The Labute approximate surface area is 113 Å². The van der Waals surface area contributed by atoms with Crippen LogP contribution in [0.5, 0.6) is 0 Å². The maximum atomic E-state index is 11.7. The van der Waals surface area contributed by atoms with Gasteiger partial charge in [0, 0.05) is 37.4 Å². The molecule has 1 amide bonds. The molecule has 6 nitrogen and oxygen atoms in total. The topological polar surface area (TPSA) is 75.3 Å². The van der Waals surface area contributed by atoms with Gasteiger partial charge >= 0.3 is 0 Å². The second-order valence-electron chi connectivity index (χ2n) is 5.22. The van der Waals surface area contributed by atoms with E-state index >= 15 is 0 Å². The van der Waals surface area contributed by atoms with Crippen LogP contribution in [0.15, 0.2) is 12.4 Å². The number of anilines is 1. The van der Waals surface area contributed by atoms with E-state index in [1.54, 1.807) is 0 Å². The number of aromatic nitrogens is 2. The Kier molecular flexibility index (Phi) is 3.99. The van der Waals surface area contributed by atoms with Crippen LogP contribution in [-0.2, 0) is 4.79 Å². The molecule has 2 N–H and O–H groups in total. The van der Waals surface area contributed by atoms with Gasteiger partial charge in [0.1, 0.15) is 18.2 Å². The number of nitrogens with two attached hydrogens (primary N) is 1. The molecule has 0 spiro atoms. The Morgan fingerprint density at radius 3 is 2.74 bits per heavy atom. The minimum absolute atomic E-state index is 0.304. The highest BCUT2D eigenvalue weighted by atomic mass is 16.1. The number of nitrogens with zero attached hydrogens (tertiary/aromatic N) is 4. The molecule has 6 heteroatoms. The maximum Gasteiger partial charge on any atom is 0.241 e. The molecule has 0 aliphatic carbocycles. The molecule has 1 aromatic heterocycles. The molecule has 0 saturated carbocycles. The Hall–Kier alpha value is -1.69. The fraction of sp³-hybridized carbons (Fsp3) is 0.615. The molecule has 1 saturated heterocycles. The number of piperazine rings is 1. The first-order chi connectivity index (χ1) is 8.99. The lowest BCUT2D eigenvalue weighted by molar-refractivity contribution is -0.120. The fourth-order valence-corrected chi connectivity index (χ4v) is 2.39. The highest BCUT2D eigenvalue weighted by Crippen LogP contribution is 2.19. The zero-order chi connectivity index (χ0) is 14.0. The van der Waals surface area contributed by atoms with E-state index in [0.717, 1.165) is 24.6 Å². The summed E-state index contributed by atoms with van der Waals surface area (Å²) in [6.45, 7) is 8.47. The summed E-state index contributed by atoms with van der Waals surface area (Å²) in [6.07, 6.45) is 1.53. The number of rotatable bonds is 3. The molecule has 2 rings (SSSR count). The van der Waals surface area contributed by atoms with Gasteiger partial charge in [0.25, 0.3) is 0 Å². The highest BCUT2D eigenvalue weighted by molar-refractivity contribution is 5.83. The Balaban J connectivity index is 2.23. The van der Waals surface area contributed by atoms with Crippen molar-refractivity contribution in [2.24, 2.45) is 5.73 Å². The fourth-order valence-electron chi connectivity index (χ4n) is 2.39. The molecule has 0 bridgehead atoms. The van der Waals surface area contributed by atoms with Gasteiger partial charge in [0.2, 0.25) is 5.91 Å². The number of amides is 1. The zero-order valence-corrected chi connectivity index (χ0v) is 11.7. The second kappa shape index (κ2) is 5.52. The zero-order valence-electron chi connectivity index (χ0n) is 11.7. The molecule has 19 heavy (non-hydrogen) atoms. The standard InChI is InChI=1S/C13H21N5O/c1-9(2)17-4-5-18(11(7-17)13(14)19)12-6-10(3)15-8-16-12/h6,8-9,11H,4-5,7H2,1-3H3,(H2,14,19)/t11-/m0/s1. The molecule has 104 valence electrons. The van der Waals surface area contributed by atoms with Gasteiger partial charge in [-0.25, -0.2) is 9.97 Å². The molecule has 0 aromatic carbocycles. The van der Waals surface area contributed by atoms with Crippen LogP contribution in [-0.4, -0.2) is 52.5 Å². The number of carbonyl (C=O) groups is 1. The van der Waals surface area contributed by atoms with Crippen LogP contribution in [0.1, 0.15) is 19.5 Å². The van der Waals surface area contributed by atoms with Crippen LogP contribution in [0, 0.1) is 6.92 Å². The first-order valence-corrected chi connectivity index (χ1v) is 6.57. The molecule has 2 heterocycles. The number of aryl methyl sites for hydroxylation is 1. The summed E-state index contributed by atoms with van der Waals surface area (Å²) in [5.74, 6) is 0.473. The van der Waals surface area contributed by atoms with Crippen LogP contribution >= 0.6 is 0 Å². The van der Waals surface area contributed by atoms with Crippen molar-refractivity contribution in [3.05, 3.63) is 18.1 Å². The summed E-state index contributed by atoms with van der Waals surface area (Å²) in [7, 11) is 0. The van der Waals surface area contributed by atoms with E-state index in [2.05, 4.69) is 28.7 Å². The van der Waals surface area contributed by atoms with Gasteiger partial charge in [-0.05, 0) is 20.8 Å². The molecule has 1 aliphatic heterocycles. The third-order valence-electron chi connectivity index (χ3n) is 3.55. The van der Waals surface area contributed by atoms with Crippen LogP contribution in [0.3, 0.4) is 0 Å². The molecular formula is C13H21N5O. The van der Waals surface area contributed by atoms with Crippen molar-refractivity contribution in [2.75, 3.05) is 24.5 Å². The van der Waals surface area contributed by atoms with Crippen LogP contribution in [0.4, 0.5) is 5.82 Å². The average molecular weight is 263 g/mol. The predicted molar refractivity (Wildman–Crippen MR) is 73.8 cm³/mol. The van der Waals surface area contributed by atoms with E-state index < -0.39 is 0 Å². The van der Waals surface area contributed by atoms with Crippen molar-refractivity contribution < 1.29 is 4.79 Å². The van der Waals surface area contributed by atoms with E-state index in [-0.39, 0.29) is 11.9 Å². The van der Waals surface area contributed by atoms with Gasteiger partial charge < -0.3 is 10.6 Å². The highest BCUT2D eigenvalue weighted by Gasteiger charge is 2.32. The van der Waals surface area contributed by atoms with Crippen molar-refractivity contribution in [1.82, 2.24) is 14.9 Å². The molecule has 1 atom stereocenters. The van der Waals surface area contributed by atoms with Crippen LogP contribution in [0.2, 0.25) is 0 Å².